The fourth-order valence-electron chi connectivity index (χ4n) is 2.58. The molecule has 2 aromatic carbocycles. The molecule has 24 heavy (non-hydrogen) atoms. The molecule has 0 spiro atoms. The van der Waals surface area contributed by atoms with Crippen molar-refractivity contribution in [2.24, 2.45) is 0 Å². The maximum Gasteiger partial charge on any atom is 0.292 e. The summed E-state index contributed by atoms with van der Waals surface area (Å²) in [6, 6.07) is 15.2. The van der Waals surface area contributed by atoms with E-state index in [0.717, 1.165) is 11.1 Å². The summed E-state index contributed by atoms with van der Waals surface area (Å²) in [6.07, 6.45) is 2.24. The summed E-state index contributed by atoms with van der Waals surface area (Å²) < 4.78 is 5.18. The molecule has 0 radical (unpaired) electrons. The van der Waals surface area contributed by atoms with Crippen LogP contribution in [0.5, 0.6) is 5.75 Å². The summed E-state index contributed by atoms with van der Waals surface area (Å²) in [4.78, 5) is 27.5. The Morgan fingerprint density at radius 1 is 1.12 bits per heavy atom. The number of ether oxygens (including phenoxy) is 1. The fourth-order valence-corrected chi connectivity index (χ4v) is 2.58. The molecular formula is C19H18N2O3. The highest BCUT2D eigenvalue weighted by atomic mass is 16.5. The molecule has 5 heteroatoms. The summed E-state index contributed by atoms with van der Waals surface area (Å²) in [5, 5.41) is 3.36. The molecule has 3 aromatic rings. The van der Waals surface area contributed by atoms with Gasteiger partial charge in [-0.2, -0.15) is 0 Å². The average Bonchev–Trinajstić information content (AvgIpc) is 3.04. The van der Waals surface area contributed by atoms with Gasteiger partial charge < -0.3 is 15.0 Å². The van der Waals surface area contributed by atoms with Gasteiger partial charge in [-0.05, 0) is 30.2 Å². The Bertz CT molecular complexity index is 869. The zero-order valence-electron chi connectivity index (χ0n) is 13.3. The third-order valence-corrected chi connectivity index (χ3v) is 3.88. The number of nitrogens with one attached hydrogen (secondary N) is 2. The normalized spacial score (nSPS) is 10.5. The molecule has 0 atom stereocenters. The number of aromatic amines is 1. The van der Waals surface area contributed by atoms with E-state index < -0.39 is 11.7 Å². The number of ketones is 1. The second-order valence-corrected chi connectivity index (χ2v) is 5.43. The fraction of sp³-hybridized carbons (Fsp3) is 0.158. The van der Waals surface area contributed by atoms with Crippen molar-refractivity contribution < 1.29 is 14.3 Å². The van der Waals surface area contributed by atoms with E-state index in [9.17, 15) is 9.59 Å². The van der Waals surface area contributed by atoms with Crippen molar-refractivity contribution in [3.8, 4) is 5.75 Å². The second-order valence-electron chi connectivity index (χ2n) is 5.43. The lowest BCUT2D eigenvalue weighted by molar-refractivity contribution is -0.116. The molecule has 0 aliphatic rings. The average molecular weight is 322 g/mol. The predicted octanol–water partition coefficient (Wildman–Crippen LogP) is 2.72. The molecule has 3 rings (SSSR count). The van der Waals surface area contributed by atoms with Gasteiger partial charge in [0.05, 0.1) is 12.7 Å². The van der Waals surface area contributed by atoms with Crippen molar-refractivity contribution in [2.45, 2.75) is 6.42 Å². The molecule has 1 heterocycles. The molecule has 0 saturated heterocycles. The number of carbonyl (C=O) groups is 2. The standard InChI is InChI=1S/C19H18N2O3/c1-24-14-7-8-17-15(11-14)16(12-21-17)18(22)19(23)20-10-9-13-5-3-2-4-6-13/h2-8,11-12,21H,9-10H2,1H3,(H,20,23). The van der Waals surface area contributed by atoms with Gasteiger partial charge in [-0.3, -0.25) is 9.59 Å². The van der Waals surface area contributed by atoms with Gasteiger partial charge in [0.2, 0.25) is 0 Å². The number of carbonyl (C=O) groups excluding carboxylic acids is 2. The van der Waals surface area contributed by atoms with Gasteiger partial charge in [-0.25, -0.2) is 0 Å². The molecule has 0 saturated carbocycles. The summed E-state index contributed by atoms with van der Waals surface area (Å²) in [5.74, 6) is -0.516. The lowest BCUT2D eigenvalue weighted by Crippen LogP contribution is -2.32. The van der Waals surface area contributed by atoms with Gasteiger partial charge >= 0.3 is 0 Å². The Kier molecular flexibility index (Phi) is 4.61. The Morgan fingerprint density at radius 2 is 1.92 bits per heavy atom. The van der Waals surface area contributed by atoms with Crippen LogP contribution in [-0.2, 0) is 11.2 Å². The van der Waals surface area contributed by atoms with Crippen molar-refractivity contribution in [1.82, 2.24) is 10.3 Å². The number of hydrogen-bond donors (Lipinski definition) is 2. The molecule has 0 aliphatic heterocycles. The van der Waals surface area contributed by atoms with Crippen molar-refractivity contribution in [2.75, 3.05) is 13.7 Å². The first-order chi connectivity index (χ1) is 11.7. The molecule has 1 aromatic heterocycles. The maximum absolute atomic E-state index is 12.4. The zero-order valence-corrected chi connectivity index (χ0v) is 13.3. The number of fused-ring (bicyclic) bond motifs is 1. The number of methoxy groups -OCH3 is 1. The zero-order chi connectivity index (χ0) is 16.9. The highest BCUT2D eigenvalue weighted by molar-refractivity contribution is 6.45. The van der Waals surface area contributed by atoms with Crippen LogP contribution in [-0.4, -0.2) is 30.3 Å². The predicted molar refractivity (Wildman–Crippen MR) is 92.3 cm³/mol. The summed E-state index contributed by atoms with van der Waals surface area (Å²) >= 11 is 0. The molecule has 0 fully saturated rings. The molecule has 1 amide bonds. The first kappa shape index (κ1) is 15.8. The Labute approximate surface area is 139 Å². The monoisotopic (exact) mass is 322 g/mol. The number of amides is 1. The van der Waals surface area contributed by atoms with E-state index >= 15 is 0 Å². The van der Waals surface area contributed by atoms with E-state index in [2.05, 4.69) is 10.3 Å². The number of aromatic nitrogens is 1. The van der Waals surface area contributed by atoms with Crippen LogP contribution in [0.3, 0.4) is 0 Å². The lowest BCUT2D eigenvalue weighted by Gasteiger charge is -2.05. The van der Waals surface area contributed by atoms with Crippen LogP contribution < -0.4 is 10.1 Å². The Balaban J connectivity index is 1.68. The molecule has 0 aliphatic carbocycles. The second kappa shape index (κ2) is 7.00. The first-order valence-electron chi connectivity index (χ1n) is 7.70. The van der Waals surface area contributed by atoms with E-state index in [-0.39, 0.29) is 0 Å². The van der Waals surface area contributed by atoms with Gasteiger partial charge in [0, 0.05) is 23.6 Å². The minimum atomic E-state index is -0.602. The van der Waals surface area contributed by atoms with Crippen LogP contribution in [0, 0.1) is 0 Å². The molecular weight excluding hydrogens is 304 g/mol. The smallest absolute Gasteiger partial charge is 0.292 e. The molecule has 5 nitrogen and oxygen atoms in total. The SMILES string of the molecule is COc1ccc2[nH]cc(C(=O)C(=O)NCCc3ccccc3)c2c1. The summed E-state index contributed by atoms with van der Waals surface area (Å²) in [5.41, 5.74) is 2.25. The van der Waals surface area contributed by atoms with Gasteiger partial charge in [-0.15, -0.1) is 0 Å². The van der Waals surface area contributed by atoms with Crippen LogP contribution in [0.1, 0.15) is 15.9 Å². The van der Waals surface area contributed by atoms with E-state index in [1.165, 1.54) is 0 Å². The van der Waals surface area contributed by atoms with Gasteiger partial charge in [-0.1, -0.05) is 30.3 Å². The van der Waals surface area contributed by atoms with Gasteiger partial charge in [0.15, 0.2) is 0 Å². The first-order valence-corrected chi connectivity index (χ1v) is 7.70. The van der Waals surface area contributed by atoms with Crippen LogP contribution in [0.15, 0.2) is 54.7 Å². The largest absolute Gasteiger partial charge is 0.497 e. The molecule has 2 N–H and O–H groups in total. The van der Waals surface area contributed by atoms with E-state index in [0.29, 0.717) is 29.7 Å². The van der Waals surface area contributed by atoms with Gasteiger partial charge in [0.25, 0.3) is 11.7 Å². The topological polar surface area (TPSA) is 71.2 Å². The summed E-state index contributed by atoms with van der Waals surface area (Å²) in [7, 11) is 1.56. The minimum absolute atomic E-state index is 0.348. The third-order valence-electron chi connectivity index (χ3n) is 3.88. The maximum atomic E-state index is 12.4. The minimum Gasteiger partial charge on any atom is -0.497 e. The summed E-state index contributed by atoms with van der Waals surface area (Å²) in [6.45, 7) is 0.417. The quantitative estimate of drug-likeness (QED) is 0.541. The third kappa shape index (κ3) is 3.30. The molecule has 0 bridgehead atoms. The van der Waals surface area contributed by atoms with E-state index in [4.69, 9.17) is 4.74 Å². The Morgan fingerprint density at radius 3 is 2.67 bits per heavy atom. The van der Waals surface area contributed by atoms with Crippen molar-refractivity contribution in [3.63, 3.8) is 0 Å². The van der Waals surface area contributed by atoms with Crippen LogP contribution in [0.25, 0.3) is 10.9 Å². The van der Waals surface area contributed by atoms with Crippen LogP contribution in [0.2, 0.25) is 0 Å². The van der Waals surface area contributed by atoms with E-state index in [1.54, 1.807) is 25.4 Å². The lowest BCUT2D eigenvalue weighted by atomic mass is 10.1. The van der Waals surface area contributed by atoms with Crippen LogP contribution >= 0.6 is 0 Å². The van der Waals surface area contributed by atoms with Crippen molar-refractivity contribution in [3.05, 3.63) is 65.9 Å². The molecule has 122 valence electrons. The number of H-pyrrole nitrogens is 1. The number of benzene rings is 2. The van der Waals surface area contributed by atoms with Crippen molar-refractivity contribution >= 4 is 22.6 Å². The van der Waals surface area contributed by atoms with Crippen LogP contribution in [0.4, 0.5) is 0 Å². The highest BCUT2D eigenvalue weighted by Gasteiger charge is 2.19. The van der Waals surface area contributed by atoms with E-state index in [1.807, 2.05) is 36.4 Å². The molecule has 0 unspecified atom stereocenters. The number of hydrogen-bond acceptors (Lipinski definition) is 3. The number of rotatable bonds is 6. The van der Waals surface area contributed by atoms with Gasteiger partial charge in [0.1, 0.15) is 5.75 Å². The highest BCUT2D eigenvalue weighted by Crippen LogP contribution is 2.23. The number of Topliss-reactive ketones (excluding diaryl/α,β-unsaturated/α-hetero) is 1. The Hall–Kier alpha value is -3.08. The van der Waals surface area contributed by atoms with Crippen molar-refractivity contribution in [1.29, 1.82) is 0 Å².